The second-order valence-corrected chi connectivity index (χ2v) is 4.67. The molecule has 1 rings (SSSR count). The Bertz CT molecular complexity index is 418. The normalized spacial score (nSPS) is 11.3. The minimum Gasteiger partial charge on any atom is -0.478 e. The van der Waals surface area contributed by atoms with Crippen LogP contribution in [0.15, 0.2) is 18.2 Å². The minimum atomic E-state index is -1.19. The van der Waals surface area contributed by atoms with Crippen molar-refractivity contribution in [1.29, 1.82) is 0 Å². The Morgan fingerprint density at radius 1 is 1.47 bits per heavy atom. The molecule has 0 saturated heterocycles. The van der Waals surface area contributed by atoms with Gasteiger partial charge in [0.25, 0.3) is 0 Å². The summed E-state index contributed by atoms with van der Waals surface area (Å²) in [5.74, 6) is -1.77. The van der Waals surface area contributed by atoms with Crippen LogP contribution >= 0.6 is 0 Å². The van der Waals surface area contributed by atoms with Gasteiger partial charge in [-0.2, -0.15) is 0 Å². The lowest BCUT2D eigenvalue weighted by Gasteiger charge is -2.23. The highest BCUT2D eigenvalue weighted by Gasteiger charge is 2.18. The van der Waals surface area contributed by atoms with Crippen LogP contribution in [-0.4, -0.2) is 29.3 Å². The largest absolute Gasteiger partial charge is 0.478 e. The summed E-state index contributed by atoms with van der Waals surface area (Å²) in [5.41, 5.74) is -0.136. The number of aliphatic hydroxyl groups excluding tert-OH is 1. The van der Waals surface area contributed by atoms with Gasteiger partial charge >= 0.3 is 5.97 Å². The smallest absolute Gasteiger partial charge is 0.337 e. The molecule has 0 unspecified atom stereocenters. The van der Waals surface area contributed by atoms with Crippen LogP contribution in [0, 0.1) is 11.2 Å². The van der Waals surface area contributed by atoms with Crippen LogP contribution in [0.25, 0.3) is 0 Å². The first kappa shape index (κ1) is 13.4. The zero-order valence-corrected chi connectivity index (χ0v) is 9.83. The molecule has 0 aromatic heterocycles. The number of halogens is 1. The van der Waals surface area contributed by atoms with Crippen molar-refractivity contribution in [3.63, 3.8) is 0 Å². The molecule has 0 bridgehead atoms. The third kappa shape index (κ3) is 3.71. The molecular weight excluding hydrogens is 225 g/mol. The van der Waals surface area contributed by atoms with Crippen LogP contribution in [0.1, 0.15) is 24.2 Å². The van der Waals surface area contributed by atoms with Gasteiger partial charge in [0.2, 0.25) is 0 Å². The average Bonchev–Trinajstić information content (AvgIpc) is 2.27. The van der Waals surface area contributed by atoms with Crippen molar-refractivity contribution in [3.8, 4) is 0 Å². The summed E-state index contributed by atoms with van der Waals surface area (Å²) in [7, 11) is 0. The number of carbonyl (C=O) groups is 1. The van der Waals surface area contributed by atoms with Crippen LogP contribution in [0.5, 0.6) is 0 Å². The summed E-state index contributed by atoms with van der Waals surface area (Å²) >= 11 is 0. The molecule has 1 aromatic rings. The highest BCUT2D eigenvalue weighted by molar-refractivity contribution is 5.94. The summed E-state index contributed by atoms with van der Waals surface area (Å²) in [6.07, 6.45) is 0. The van der Waals surface area contributed by atoms with Crippen molar-refractivity contribution in [2.75, 3.05) is 18.5 Å². The van der Waals surface area contributed by atoms with Crippen molar-refractivity contribution in [2.24, 2.45) is 5.41 Å². The van der Waals surface area contributed by atoms with Gasteiger partial charge in [0.15, 0.2) is 0 Å². The number of aromatic carboxylic acids is 1. The van der Waals surface area contributed by atoms with Crippen molar-refractivity contribution >= 4 is 11.7 Å². The Morgan fingerprint density at radius 2 is 2.12 bits per heavy atom. The topological polar surface area (TPSA) is 69.6 Å². The molecule has 0 radical (unpaired) electrons. The Labute approximate surface area is 99.1 Å². The molecule has 0 heterocycles. The second kappa shape index (κ2) is 5.14. The third-order valence-electron chi connectivity index (χ3n) is 2.40. The molecule has 0 atom stereocenters. The number of anilines is 1. The molecule has 0 amide bonds. The SMILES string of the molecule is CC(C)(CO)CNc1ccc(F)cc1C(=O)O. The Balaban J connectivity index is 2.88. The molecule has 0 fully saturated rings. The van der Waals surface area contributed by atoms with E-state index in [1.165, 1.54) is 12.1 Å². The van der Waals surface area contributed by atoms with Gasteiger partial charge in [0.1, 0.15) is 5.82 Å². The summed E-state index contributed by atoms with van der Waals surface area (Å²) < 4.78 is 12.9. The molecule has 0 aliphatic heterocycles. The predicted octanol–water partition coefficient (Wildman–Crippen LogP) is 1.95. The molecule has 0 aliphatic carbocycles. The van der Waals surface area contributed by atoms with Gasteiger partial charge in [0.05, 0.1) is 5.56 Å². The molecule has 17 heavy (non-hydrogen) atoms. The molecule has 5 heteroatoms. The molecule has 0 saturated carbocycles. The molecule has 94 valence electrons. The molecule has 4 nitrogen and oxygen atoms in total. The fraction of sp³-hybridized carbons (Fsp3) is 0.417. The van der Waals surface area contributed by atoms with E-state index in [1.807, 2.05) is 13.8 Å². The zero-order chi connectivity index (χ0) is 13.1. The van der Waals surface area contributed by atoms with E-state index in [0.29, 0.717) is 12.2 Å². The van der Waals surface area contributed by atoms with E-state index in [-0.39, 0.29) is 17.6 Å². The van der Waals surface area contributed by atoms with Crippen LogP contribution in [0.2, 0.25) is 0 Å². The first-order valence-corrected chi connectivity index (χ1v) is 5.23. The standard InChI is InChI=1S/C12H16FNO3/c1-12(2,7-15)6-14-10-4-3-8(13)5-9(10)11(16)17/h3-5,14-15H,6-7H2,1-2H3,(H,16,17). The Hall–Kier alpha value is -1.62. The van der Waals surface area contributed by atoms with Crippen molar-refractivity contribution in [2.45, 2.75) is 13.8 Å². The molecule has 0 spiro atoms. The van der Waals surface area contributed by atoms with Gasteiger partial charge in [-0.25, -0.2) is 9.18 Å². The maximum Gasteiger partial charge on any atom is 0.337 e. The summed E-state index contributed by atoms with van der Waals surface area (Å²) in [4.78, 5) is 10.9. The lowest BCUT2D eigenvalue weighted by atomic mass is 9.95. The first-order valence-electron chi connectivity index (χ1n) is 5.23. The molecule has 0 aliphatic rings. The monoisotopic (exact) mass is 241 g/mol. The number of rotatable bonds is 5. The van der Waals surface area contributed by atoms with E-state index >= 15 is 0 Å². The zero-order valence-electron chi connectivity index (χ0n) is 9.83. The number of hydrogen-bond acceptors (Lipinski definition) is 3. The van der Waals surface area contributed by atoms with Gasteiger partial charge < -0.3 is 15.5 Å². The Morgan fingerprint density at radius 3 is 2.65 bits per heavy atom. The van der Waals surface area contributed by atoms with Crippen molar-refractivity contribution in [3.05, 3.63) is 29.6 Å². The number of carboxylic acids is 1. The van der Waals surface area contributed by atoms with Crippen LogP contribution in [0.4, 0.5) is 10.1 Å². The van der Waals surface area contributed by atoms with Crippen molar-refractivity contribution < 1.29 is 19.4 Å². The van der Waals surface area contributed by atoms with Gasteiger partial charge in [-0.05, 0) is 18.2 Å². The number of nitrogens with one attached hydrogen (secondary N) is 1. The number of benzene rings is 1. The fourth-order valence-electron chi connectivity index (χ4n) is 1.24. The van der Waals surface area contributed by atoms with Gasteiger partial charge in [-0.3, -0.25) is 0 Å². The van der Waals surface area contributed by atoms with Gasteiger partial charge in [-0.15, -0.1) is 0 Å². The summed E-state index contributed by atoms with van der Waals surface area (Å²) in [6, 6.07) is 3.55. The average molecular weight is 241 g/mol. The van der Waals surface area contributed by atoms with Gasteiger partial charge in [-0.1, -0.05) is 13.8 Å². The maximum atomic E-state index is 12.9. The van der Waals surface area contributed by atoms with E-state index in [0.717, 1.165) is 6.07 Å². The Kier molecular flexibility index (Phi) is 4.07. The molecular formula is C12H16FNO3. The third-order valence-corrected chi connectivity index (χ3v) is 2.40. The van der Waals surface area contributed by atoms with Crippen LogP contribution < -0.4 is 5.32 Å². The predicted molar refractivity (Wildman–Crippen MR) is 62.7 cm³/mol. The van der Waals surface area contributed by atoms with E-state index < -0.39 is 11.8 Å². The number of hydrogen-bond donors (Lipinski definition) is 3. The second-order valence-electron chi connectivity index (χ2n) is 4.67. The molecule has 1 aromatic carbocycles. The van der Waals surface area contributed by atoms with Crippen molar-refractivity contribution in [1.82, 2.24) is 0 Å². The van der Waals surface area contributed by atoms with E-state index in [4.69, 9.17) is 10.2 Å². The van der Waals surface area contributed by atoms with Crippen LogP contribution in [-0.2, 0) is 0 Å². The number of aliphatic hydroxyl groups is 1. The summed E-state index contributed by atoms with van der Waals surface area (Å²) in [6.45, 7) is 4.05. The lowest BCUT2D eigenvalue weighted by molar-refractivity contribution is 0.0697. The number of carboxylic acid groups (broad SMARTS) is 1. The van der Waals surface area contributed by atoms with E-state index in [2.05, 4.69) is 5.32 Å². The first-order chi connectivity index (χ1) is 7.85. The fourth-order valence-corrected chi connectivity index (χ4v) is 1.24. The van der Waals surface area contributed by atoms with Gasteiger partial charge in [0, 0.05) is 24.3 Å². The maximum absolute atomic E-state index is 12.9. The van der Waals surface area contributed by atoms with E-state index in [1.54, 1.807) is 0 Å². The quantitative estimate of drug-likeness (QED) is 0.737. The summed E-state index contributed by atoms with van der Waals surface area (Å²) in [5, 5.41) is 20.9. The van der Waals surface area contributed by atoms with E-state index in [9.17, 15) is 9.18 Å². The highest BCUT2D eigenvalue weighted by Crippen LogP contribution is 2.20. The van der Waals surface area contributed by atoms with Crippen LogP contribution in [0.3, 0.4) is 0 Å². The highest BCUT2D eigenvalue weighted by atomic mass is 19.1. The lowest BCUT2D eigenvalue weighted by Crippen LogP contribution is -2.27. The molecule has 3 N–H and O–H groups in total. The minimum absolute atomic E-state index is 0.0242.